The molecule has 1 heterocycles. The van der Waals surface area contributed by atoms with Crippen LogP contribution in [0.25, 0.3) is 0 Å². The van der Waals surface area contributed by atoms with Gasteiger partial charge in [0.1, 0.15) is 6.04 Å². The summed E-state index contributed by atoms with van der Waals surface area (Å²) < 4.78 is 0. The second-order valence-corrected chi connectivity index (χ2v) is 5.94. The first-order valence-corrected chi connectivity index (χ1v) is 6.25. The van der Waals surface area contributed by atoms with E-state index in [-0.39, 0.29) is 12.1 Å². The van der Waals surface area contributed by atoms with Gasteiger partial charge >= 0.3 is 12.0 Å². The van der Waals surface area contributed by atoms with E-state index in [1.807, 2.05) is 0 Å². The van der Waals surface area contributed by atoms with Crippen LogP contribution in [0.1, 0.15) is 33.6 Å². The van der Waals surface area contributed by atoms with Gasteiger partial charge in [-0.05, 0) is 18.3 Å². The van der Waals surface area contributed by atoms with E-state index in [0.717, 1.165) is 12.8 Å². The fourth-order valence-electron chi connectivity index (χ4n) is 2.06. The summed E-state index contributed by atoms with van der Waals surface area (Å²) in [6.45, 7) is 6.48. The highest BCUT2D eigenvalue weighted by molar-refractivity contribution is 5.83. The molecular weight excluding hydrogens is 234 g/mol. The first-order chi connectivity index (χ1) is 8.21. The van der Waals surface area contributed by atoms with Crippen molar-refractivity contribution in [2.24, 2.45) is 11.1 Å². The number of likely N-dealkylation sites (tertiary alicyclic amines) is 1. The van der Waals surface area contributed by atoms with E-state index in [2.05, 4.69) is 5.32 Å². The Kier molecular flexibility index (Phi) is 4.56. The fraction of sp³-hybridized carbons (Fsp3) is 0.833. The maximum absolute atomic E-state index is 12.0. The molecule has 2 atom stereocenters. The van der Waals surface area contributed by atoms with E-state index in [1.54, 1.807) is 25.7 Å². The zero-order chi connectivity index (χ0) is 13.9. The van der Waals surface area contributed by atoms with Crippen LogP contribution in [0, 0.1) is 5.41 Å². The molecule has 0 aromatic rings. The number of nitrogens with one attached hydrogen (secondary N) is 1. The SMILES string of the molecule is CC(C)(C)[C@@H](NC(=O)N1CCCC(N)C1)C(=O)O. The van der Waals surface area contributed by atoms with Gasteiger partial charge in [0.2, 0.25) is 0 Å². The number of rotatable bonds is 2. The molecule has 1 unspecified atom stereocenters. The number of carbonyl (C=O) groups excluding carboxylic acids is 1. The third-order valence-corrected chi connectivity index (χ3v) is 3.13. The van der Waals surface area contributed by atoms with Crippen LogP contribution in [-0.4, -0.2) is 47.2 Å². The van der Waals surface area contributed by atoms with Crippen LogP contribution in [0.5, 0.6) is 0 Å². The Bertz CT molecular complexity index is 325. The Morgan fingerprint density at radius 2 is 2.06 bits per heavy atom. The largest absolute Gasteiger partial charge is 0.480 e. The Hall–Kier alpha value is -1.30. The van der Waals surface area contributed by atoms with Crippen molar-refractivity contribution in [3.05, 3.63) is 0 Å². The zero-order valence-corrected chi connectivity index (χ0v) is 11.3. The Morgan fingerprint density at radius 3 is 2.50 bits per heavy atom. The van der Waals surface area contributed by atoms with E-state index in [4.69, 9.17) is 10.8 Å². The topological polar surface area (TPSA) is 95.7 Å². The summed E-state index contributed by atoms with van der Waals surface area (Å²) in [5.41, 5.74) is 5.27. The van der Waals surface area contributed by atoms with Crippen LogP contribution in [-0.2, 0) is 4.79 Å². The molecule has 18 heavy (non-hydrogen) atoms. The van der Waals surface area contributed by atoms with Crippen LogP contribution in [0.4, 0.5) is 4.79 Å². The van der Waals surface area contributed by atoms with Crippen molar-refractivity contribution in [2.45, 2.75) is 45.7 Å². The number of urea groups is 1. The number of carbonyl (C=O) groups is 2. The smallest absolute Gasteiger partial charge is 0.326 e. The molecule has 0 saturated carbocycles. The summed E-state index contributed by atoms with van der Waals surface area (Å²) in [6.07, 6.45) is 1.77. The van der Waals surface area contributed by atoms with E-state index in [9.17, 15) is 9.59 Å². The molecule has 1 fully saturated rings. The maximum atomic E-state index is 12.0. The molecule has 2 amide bonds. The monoisotopic (exact) mass is 257 g/mol. The van der Waals surface area contributed by atoms with Crippen LogP contribution < -0.4 is 11.1 Å². The molecule has 0 aromatic carbocycles. The third-order valence-electron chi connectivity index (χ3n) is 3.13. The van der Waals surface area contributed by atoms with Gasteiger partial charge in [0.05, 0.1) is 0 Å². The number of nitrogens with two attached hydrogens (primary N) is 1. The molecule has 0 aromatic heterocycles. The van der Waals surface area contributed by atoms with Crippen LogP contribution in [0.3, 0.4) is 0 Å². The van der Waals surface area contributed by atoms with E-state index in [0.29, 0.717) is 13.1 Å². The minimum absolute atomic E-state index is 0.0117. The number of nitrogens with zero attached hydrogens (tertiary/aromatic N) is 1. The number of piperidine rings is 1. The standard InChI is InChI=1S/C12H23N3O3/c1-12(2,3)9(10(16)17)14-11(18)15-6-4-5-8(13)7-15/h8-9H,4-7,13H2,1-3H3,(H,14,18)(H,16,17)/t8?,9-/m0/s1. The van der Waals surface area contributed by atoms with Crippen molar-refractivity contribution >= 4 is 12.0 Å². The molecule has 0 spiro atoms. The molecule has 4 N–H and O–H groups in total. The lowest BCUT2D eigenvalue weighted by Crippen LogP contribution is -2.56. The molecule has 1 aliphatic rings. The lowest BCUT2D eigenvalue weighted by molar-refractivity contribution is -0.142. The van der Waals surface area contributed by atoms with Gasteiger partial charge in [-0.2, -0.15) is 0 Å². The summed E-state index contributed by atoms with van der Waals surface area (Å²) >= 11 is 0. The maximum Gasteiger partial charge on any atom is 0.326 e. The van der Waals surface area contributed by atoms with Crippen molar-refractivity contribution in [3.8, 4) is 0 Å². The number of hydrogen-bond acceptors (Lipinski definition) is 3. The summed E-state index contributed by atoms with van der Waals surface area (Å²) in [5.74, 6) is -1.02. The lowest BCUT2D eigenvalue weighted by Gasteiger charge is -2.34. The van der Waals surface area contributed by atoms with E-state index in [1.165, 1.54) is 0 Å². The highest BCUT2D eigenvalue weighted by Crippen LogP contribution is 2.20. The minimum Gasteiger partial charge on any atom is -0.480 e. The summed E-state index contributed by atoms with van der Waals surface area (Å²) in [5, 5.41) is 11.7. The molecule has 6 heteroatoms. The van der Waals surface area contributed by atoms with Gasteiger partial charge < -0.3 is 21.1 Å². The van der Waals surface area contributed by atoms with Crippen molar-refractivity contribution in [1.29, 1.82) is 0 Å². The van der Waals surface area contributed by atoms with Gasteiger partial charge in [0, 0.05) is 19.1 Å². The molecular formula is C12H23N3O3. The van der Waals surface area contributed by atoms with Crippen molar-refractivity contribution in [1.82, 2.24) is 10.2 Å². The normalized spacial score (nSPS) is 22.4. The van der Waals surface area contributed by atoms with Crippen LogP contribution in [0.2, 0.25) is 0 Å². The quantitative estimate of drug-likeness (QED) is 0.675. The number of amides is 2. The molecule has 1 saturated heterocycles. The minimum atomic E-state index is -1.02. The molecule has 6 nitrogen and oxygen atoms in total. The van der Waals surface area contributed by atoms with E-state index < -0.39 is 17.4 Å². The Labute approximate surface area is 108 Å². The van der Waals surface area contributed by atoms with Gasteiger partial charge in [-0.15, -0.1) is 0 Å². The second kappa shape index (κ2) is 5.56. The molecule has 1 aliphatic heterocycles. The van der Waals surface area contributed by atoms with Crippen molar-refractivity contribution in [2.75, 3.05) is 13.1 Å². The number of carboxylic acids is 1. The van der Waals surface area contributed by atoms with Crippen molar-refractivity contribution in [3.63, 3.8) is 0 Å². The highest BCUT2D eigenvalue weighted by atomic mass is 16.4. The van der Waals surface area contributed by atoms with Gasteiger partial charge in [-0.1, -0.05) is 20.8 Å². The van der Waals surface area contributed by atoms with Crippen LogP contribution in [0.15, 0.2) is 0 Å². The fourth-order valence-corrected chi connectivity index (χ4v) is 2.06. The van der Waals surface area contributed by atoms with E-state index >= 15 is 0 Å². The molecule has 0 aliphatic carbocycles. The lowest BCUT2D eigenvalue weighted by atomic mass is 9.87. The van der Waals surface area contributed by atoms with Crippen molar-refractivity contribution < 1.29 is 14.7 Å². The predicted octanol–water partition coefficient (Wildman–Crippen LogP) is 0.618. The van der Waals surface area contributed by atoms with Gasteiger partial charge in [-0.3, -0.25) is 0 Å². The van der Waals surface area contributed by atoms with Crippen LogP contribution >= 0.6 is 0 Å². The zero-order valence-electron chi connectivity index (χ0n) is 11.3. The Morgan fingerprint density at radius 1 is 1.44 bits per heavy atom. The summed E-state index contributed by atoms with van der Waals surface area (Å²) in [6, 6.07) is -1.25. The summed E-state index contributed by atoms with van der Waals surface area (Å²) in [4.78, 5) is 24.8. The molecule has 104 valence electrons. The third kappa shape index (κ3) is 3.87. The average molecular weight is 257 g/mol. The number of aliphatic carboxylic acids is 1. The molecule has 1 rings (SSSR count). The number of hydrogen-bond donors (Lipinski definition) is 3. The highest BCUT2D eigenvalue weighted by Gasteiger charge is 2.34. The average Bonchev–Trinajstić information content (AvgIpc) is 2.23. The number of carboxylic acid groups (broad SMARTS) is 1. The first kappa shape index (κ1) is 14.8. The summed E-state index contributed by atoms with van der Waals surface area (Å²) in [7, 11) is 0. The predicted molar refractivity (Wildman–Crippen MR) is 68.2 cm³/mol. The molecule has 0 bridgehead atoms. The van der Waals surface area contributed by atoms with Gasteiger partial charge in [0.25, 0.3) is 0 Å². The molecule has 0 radical (unpaired) electrons. The first-order valence-electron chi connectivity index (χ1n) is 6.25. The van der Waals surface area contributed by atoms with Gasteiger partial charge in [0.15, 0.2) is 0 Å². The Balaban J connectivity index is 2.64. The van der Waals surface area contributed by atoms with Gasteiger partial charge in [-0.25, -0.2) is 9.59 Å². The second-order valence-electron chi connectivity index (χ2n) is 5.94.